The smallest absolute Gasteiger partial charge is 0.397 e. The Bertz CT molecular complexity index is 1310. The van der Waals surface area contributed by atoms with Crippen LogP contribution in [0.15, 0.2) is 42.9 Å². The van der Waals surface area contributed by atoms with Crippen LogP contribution in [-0.4, -0.2) is 19.9 Å². The lowest BCUT2D eigenvalue weighted by molar-refractivity contribution is -0.385. The van der Waals surface area contributed by atoms with Crippen LogP contribution in [0.5, 0.6) is 0 Å². The maximum absolute atomic E-state index is 12.2. The first-order valence-electron chi connectivity index (χ1n) is 8.95. The largest absolute Gasteiger partial charge is 0.419 e. The molecule has 0 unspecified atom stereocenters. The van der Waals surface area contributed by atoms with E-state index in [9.17, 15) is 23.3 Å². The number of anilines is 1. The summed E-state index contributed by atoms with van der Waals surface area (Å²) in [6.07, 6.45) is -0.873. The van der Waals surface area contributed by atoms with Crippen LogP contribution in [0.25, 0.3) is 9.69 Å². The maximum Gasteiger partial charge on any atom is 0.419 e. The topological polar surface area (TPSA) is 140 Å². The van der Waals surface area contributed by atoms with E-state index in [0.717, 1.165) is 18.0 Å². The van der Waals surface area contributed by atoms with Gasteiger partial charge < -0.3 is 15.4 Å². The predicted octanol–water partition coefficient (Wildman–Crippen LogP) is 5.34. The molecule has 0 saturated heterocycles. The Labute approximate surface area is 191 Å². The van der Waals surface area contributed by atoms with Gasteiger partial charge in [0.1, 0.15) is 12.3 Å². The summed E-state index contributed by atoms with van der Waals surface area (Å²) in [6, 6.07) is 7.06. The number of hydrogen-bond acceptors (Lipinski definition) is 7. The van der Waals surface area contributed by atoms with Crippen LogP contribution < -0.4 is 5.73 Å². The minimum atomic E-state index is -4.59. The molecular formula is C21H15F3N8O2. The van der Waals surface area contributed by atoms with E-state index >= 15 is 0 Å². The molecule has 0 bridgehead atoms. The highest BCUT2D eigenvalue weighted by molar-refractivity contribution is 5.48. The Kier molecular flexibility index (Phi) is 9.57. The van der Waals surface area contributed by atoms with Gasteiger partial charge in [-0.2, -0.15) is 18.4 Å². The summed E-state index contributed by atoms with van der Waals surface area (Å²) >= 11 is 0. The van der Waals surface area contributed by atoms with Gasteiger partial charge in [-0.05, 0) is 37.1 Å². The zero-order chi connectivity index (χ0) is 25.9. The minimum Gasteiger partial charge on any atom is -0.397 e. The highest BCUT2D eigenvalue weighted by Crippen LogP contribution is 2.31. The van der Waals surface area contributed by atoms with Crippen molar-refractivity contribution in [2.24, 2.45) is 0 Å². The van der Waals surface area contributed by atoms with Crippen molar-refractivity contribution in [3.05, 3.63) is 98.2 Å². The van der Waals surface area contributed by atoms with Gasteiger partial charge >= 0.3 is 11.9 Å². The second kappa shape index (κ2) is 12.1. The second-order valence-electron chi connectivity index (χ2n) is 6.23. The predicted molar refractivity (Wildman–Crippen MR) is 115 cm³/mol. The quantitative estimate of drug-likeness (QED) is 0.288. The van der Waals surface area contributed by atoms with Crippen LogP contribution in [0.4, 0.5) is 36.2 Å². The monoisotopic (exact) mass is 468 g/mol. The molecule has 0 aliphatic rings. The molecule has 3 aromatic heterocycles. The molecule has 0 atom stereocenters. The van der Waals surface area contributed by atoms with Gasteiger partial charge in [0.25, 0.3) is 11.6 Å². The number of nitrogens with zero attached hydrogens (tertiary/aromatic N) is 7. The van der Waals surface area contributed by atoms with Crippen LogP contribution in [0.1, 0.15) is 22.4 Å². The van der Waals surface area contributed by atoms with Gasteiger partial charge in [0.2, 0.25) is 0 Å². The van der Waals surface area contributed by atoms with E-state index in [-0.39, 0.29) is 17.2 Å². The molecule has 0 amide bonds. The van der Waals surface area contributed by atoms with Crippen molar-refractivity contribution in [1.29, 1.82) is 5.26 Å². The first kappa shape index (κ1) is 26.9. The van der Waals surface area contributed by atoms with Gasteiger partial charge in [-0.1, -0.05) is 19.2 Å². The van der Waals surface area contributed by atoms with Crippen molar-refractivity contribution in [3.8, 4) is 6.07 Å². The highest BCUT2D eigenvalue weighted by atomic mass is 19.4. The SMILES string of the molecule is N#Cc1ncc(N)cc1C(F)(F)F.[C-]#[N+]c1ncc([N+](=O)[O-])cc1C.[C-]#[N+]c1ncccc1C. The van der Waals surface area contributed by atoms with E-state index in [0.29, 0.717) is 17.4 Å². The molecule has 13 heteroatoms. The molecule has 0 fully saturated rings. The minimum absolute atomic E-state index is 0.0834. The number of nitro groups is 1. The third-order valence-corrected chi connectivity index (χ3v) is 3.76. The number of aromatic nitrogens is 3. The standard InChI is InChI=1S/C7H4F3N3.C7H5N3O2.C7H6N2/c8-7(9,10)5-1-4(12)3-13-6(5)2-11;1-5-3-6(10(11)12)4-9-7(5)8-2;1-6-4-3-5-9-7(6)8-2/h1,3H,12H2;3-4H,1H3;3-5H,1H3. The van der Waals surface area contributed by atoms with Crippen molar-refractivity contribution in [3.63, 3.8) is 0 Å². The zero-order valence-corrected chi connectivity index (χ0v) is 17.7. The van der Waals surface area contributed by atoms with Crippen LogP contribution in [0, 0.1) is 48.4 Å². The van der Waals surface area contributed by atoms with Gasteiger partial charge in [0.15, 0.2) is 11.9 Å². The van der Waals surface area contributed by atoms with Gasteiger partial charge in [0, 0.05) is 6.07 Å². The Morgan fingerprint density at radius 1 is 1.09 bits per heavy atom. The first-order chi connectivity index (χ1) is 15.9. The third kappa shape index (κ3) is 7.87. The zero-order valence-electron chi connectivity index (χ0n) is 17.7. The van der Waals surface area contributed by atoms with Crippen molar-refractivity contribution >= 4 is 23.0 Å². The van der Waals surface area contributed by atoms with E-state index < -0.39 is 22.4 Å². The number of halogens is 3. The van der Waals surface area contributed by atoms with Gasteiger partial charge in [-0.3, -0.25) is 10.1 Å². The number of pyridine rings is 3. The van der Waals surface area contributed by atoms with Crippen LogP contribution in [-0.2, 0) is 6.18 Å². The lowest BCUT2D eigenvalue weighted by Gasteiger charge is -2.07. The summed E-state index contributed by atoms with van der Waals surface area (Å²) in [5.41, 5.74) is 4.60. The van der Waals surface area contributed by atoms with Gasteiger partial charge in [-0.25, -0.2) is 4.98 Å². The van der Waals surface area contributed by atoms with E-state index in [1.165, 1.54) is 12.1 Å². The highest BCUT2D eigenvalue weighted by Gasteiger charge is 2.34. The molecule has 0 aromatic carbocycles. The first-order valence-corrected chi connectivity index (χ1v) is 8.95. The summed E-state index contributed by atoms with van der Waals surface area (Å²) < 4.78 is 36.5. The summed E-state index contributed by atoms with van der Waals surface area (Å²) in [4.78, 5) is 26.7. The summed E-state index contributed by atoms with van der Waals surface area (Å²) in [7, 11) is 0. The van der Waals surface area contributed by atoms with E-state index in [2.05, 4.69) is 24.6 Å². The normalized spacial score (nSPS) is 9.59. The average molecular weight is 468 g/mol. The van der Waals surface area contributed by atoms with Crippen LogP contribution >= 0.6 is 0 Å². The number of nitrogen functional groups attached to an aromatic ring is 1. The lowest BCUT2D eigenvalue weighted by atomic mass is 10.2. The van der Waals surface area contributed by atoms with Gasteiger partial charge in [0.05, 0.1) is 22.4 Å². The molecule has 0 aliphatic carbocycles. The number of alkyl halides is 3. The number of rotatable bonds is 1. The lowest BCUT2D eigenvalue weighted by Crippen LogP contribution is -2.09. The van der Waals surface area contributed by atoms with Gasteiger partial charge in [-0.15, -0.1) is 9.97 Å². The van der Waals surface area contributed by atoms with Crippen molar-refractivity contribution in [2.45, 2.75) is 20.0 Å². The number of nitriles is 1. The molecule has 3 rings (SSSR count). The molecule has 0 saturated carbocycles. The second-order valence-corrected chi connectivity index (χ2v) is 6.23. The summed E-state index contributed by atoms with van der Waals surface area (Å²) in [6.45, 7) is 16.8. The van der Waals surface area contributed by atoms with Crippen molar-refractivity contribution in [2.75, 3.05) is 5.73 Å². The van der Waals surface area contributed by atoms with E-state index in [1.54, 1.807) is 13.1 Å². The summed E-state index contributed by atoms with van der Waals surface area (Å²) in [5, 5.41) is 18.6. The average Bonchev–Trinajstić information content (AvgIpc) is 2.79. The fraction of sp³-hybridized carbons (Fsp3) is 0.143. The Hall–Kier alpha value is -5.09. The van der Waals surface area contributed by atoms with E-state index in [4.69, 9.17) is 24.1 Å². The molecular weight excluding hydrogens is 453 g/mol. The molecule has 3 aromatic rings. The molecule has 34 heavy (non-hydrogen) atoms. The molecule has 10 nitrogen and oxygen atoms in total. The third-order valence-electron chi connectivity index (χ3n) is 3.76. The van der Waals surface area contributed by atoms with Crippen LogP contribution in [0.2, 0.25) is 0 Å². The fourth-order valence-electron chi connectivity index (χ4n) is 2.15. The maximum atomic E-state index is 12.2. The molecule has 0 aliphatic heterocycles. The molecule has 2 N–H and O–H groups in total. The Morgan fingerprint density at radius 3 is 2.15 bits per heavy atom. The number of aryl methyl sites for hydroxylation is 2. The summed E-state index contributed by atoms with van der Waals surface area (Å²) in [5.74, 6) is 0.707. The van der Waals surface area contributed by atoms with E-state index in [1.807, 2.05) is 19.1 Å². The molecule has 172 valence electrons. The van der Waals surface area contributed by atoms with Crippen molar-refractivity contribution in [1.82, 2.24) is 15.0 Å². The molecule has 3 heterocycles. The number of hydrogen-bond donors (Lipinski definition) is 1. The Balaban J connectivity index is 0.000000259. The van der Waals surface area contributed by atoms with Crippen LogP contribution in [0.3, 0.4) is 0 Å². The fourth-order valence-corrected chi connectivity index (χ4v) is 2.15. The Morgan fingerprint density at radius 2 is 1.71 bits per heavy atom. The van der Waals surface area contributed by atoms with Crippen molar-refractivity contribution < 1.29 is 18.1 Å². The number of nitrogens with two attached hydrogens (primary N) is 1. The molecule has 0 spiro atoms. The molecule has 0 radical (unpaired) electrons.